The SMILES string of the molecule is O=C(O)C1CCCCC1Cc1cccc(Cl)c1F. The van der Waals surface area contributed by atoms with Gasteiger partial charge in [-0.05, 0) is 36.8 Å². The molecule has 1 aromatic carbocycles. The second-order valence-corrected chi connectivity index (χ2v) is 5.31. The van der Waals surface area contributed by atoms with Crippen molar-refractivity contribution < 1.29 is 14.3 Å². The van der Waals surface area contributed by atoms with E-state index in [0.29, 0.717) is 18.4 Å². The summed E-state index contributed by atoms with van der Waals surface area (Å²) in [6, 6.07) is 4.91. The zero-order valence-corrected chi connectivity index (χ0v) is 10.8. The molecule has 2 rings (SSSR count). The van der Waals surface area contributed by atoms with Crippen LogP contribution in [-0.4, -0.2) is 11.1 Å². The summed E-state index contributed by atoms with van der Waals surface area (Å²) in [5.41, 5.74) is 0.528. The summed E-state index contributed by atoms with van der Waals surface area (Å²) in [7, 11) is 0. The molecule has 0 saturated heterocycles. The highest BCUT2D eigenvalue weighted by Crippen LogP contribution is 2.34. The lowest BCUT2D eigenvalue weighted by atomic mass is 9.76. The highest BCUT2D eigenvalue weighted by atomic mass is 35.5. The Balaban J connectivity index is 2.16. The van der Waals surface area contributed by atoms with Crippen LogP contribution in [0.15, 0.2) is 18.2 Å². The molecule has 1 aliphatic carbocycles. The normalized spacial score (nSPS) is 23.9. The molecule has 0 amide bonds. The van der Waals surface area contributed by atoms with E-state index in [1.54, 1.807) is 12.1 Å². The average molecular weight is 271 g/mol. The zero-order chi connectivity index (χ0) is 13.1. The zero-order valence-electron chi connectivity index (χ0n) is 10.0. The molecule has 0 heterocycles. The number of carboxylic acid groups (broad SMARTS) is 1. The van der Waals surface area contributed by atoms with Gasteiger partial charge in [0.1, 0.15) is 5.82 Å². The van der Waals surface area contributed by atoms with E-state index in [2.05, 4.69) is 0 Å². The molecule has 0 aliphatic heterocycles. The first-order valence-electron chi connectivity index (χ1n) is 6.25. The van der Waals surface area contributed by atoms with E-state index in [9.17, 15) is 14.3 Å². The first kappa shape index (κ1) is 13.3. The predicted octanol–water partition coefficient (Wildman–Crippen LogP) is 3.91. The number of carboxylic acids is 1. The molecule has 1 aliphatic rings. The summed E-state index contributed by atoms with van der Waals surface area (Å²) in [6.07, 6.45) is 3.98. The highest BCUT2D eigenvalue weighted by molar-refractivity contribution is 6.30. The predicted molar refractivity (Wildman–Crippen MR) is 68.2 cm³/mol. The van der Waals surface area contributed by atoms with E-state index in [1.165, 1.54) is 6.07 Å². The summed E-state index contributed by atoms with van der Waals surface area (Å²) in [5, 5.41) is 9.30. The van der Waals surface area contributed by atoms with Crippen LogP contribution in [0, 0.1) is 17.7 Å². The van der Waals surface area contributed by atoms with Crippen molar-refractivity contribution >= 4 is 17.6 Å². The van der Waals surface area contributed by atoms with E-state index in [0.717, 1.165) is 19.3 Å². The Morgan fingerprint density at radius 1 is 1.39 bits per heavy atom. The number of aliphatic carboxylic acids is 1. The monoisotopic (exact) mass is 270 g/mol. The van der Waals surface area contributed by atoms with Crippen molar-refractivity contribution in [2.45, 2.75) is 32.1 Å². The Morgan fingerprint density at radius 2 is 2.11 bits per heavy atom. The van der Waals surface area contributed by atoms with Crippen LogP contribution in [0.1, 0.15) is 31.2 Å². The van der Waals surface area contributed by atoms with Crippen LogP contribution >= 0.6 is 11.6 Å². The maximum absolute atomic E-state index is 13.8. The van der Waals surface area contributed by atoms with Gasteiger partial charge in [0, 0.05) is 0 Å². The molecule has 1 aromatic rings. The van der Waals surface area contributed by atoms with E-state index < -0.39 is 11.8 Å². The lowest BCUT2D eigenvalue weighted by Crippen LogP contribution is -2.28. The van der Waals surface area contributed by atoms with Crippen LogP contribution < -0.4 is 0 Å². The number of halogens is 2. The summed E-state index contributed by atoms with van der Waals surface area (Å²) in [4.78, 5) is 11.2. The molecule has 2 unspecified atom stereocenters. The maximum atomic E-state index is 13.8. The molecule has 2 nitrogen and oxygen atoms in total. The Hall–Kier alpha value is -1.09. The van der Waals surface area contributed by atoms with E-state index in [4.69, 9.17) is 11.6 Å². The van der Waals surface area contributed by atoms with Crippen molar-refractivity contribution in [2.75, 3.05) is 0 Å². The molecule has 0 aromatic heterocycles. The van der Waals surface area contributed by atoms with Crippen LogP contribution in [0.25, 0.3) is 0 Å². The fourth-order valence-corrected chi connectivity index (χ4v) is 2.96. The topological polar surface area (TPSA) is 37.3 Å². The molecule has 0 bridgehead atoms. The molecule has 1 N–H and O–H groups in total. The lowest BCUT2D eigenvalue weighted by Gasteiger charge is -2.28. The fourth-order valence-electron chi connectivity index (χ4n) is 2.77. The fraction of sp³-hybridized carbons (Fsp3) is 0.500. The third kappa shape index (κ3) is 2.83. The molecule has 98 valence electrons. The van der Waals surface area contributed by atoms with Crippen molar-refractivity contribution in [3.05, 3.63) is 34.6 Å². The molecule has 1 saturated carbocycles. The number of hydrogen-bond acceptors (Lipinski definition) is 1. The minimum absolute atomic E-state index is 0.0178. The Kier molecular flexibility index (Phi) is 4.23. The van der Waals surface area contributed by atoms with Crippen molar-refractivity contribution in [1.82, 2.24) is 0 Å². The molecule has 0 radical (unpaired) electrons. The van der Waals surface area contributed by atoms with Crippen LogP contribution in [-0.2, 0) is 11.2 Å². The van der Waals surface area contributed by atoms with Crippen molar-refractivity contribution in [3.8, 4) is 0 Å². The lowest BCUT2D eigenvalue weighted by molar-refractivity contribution is -0.144. The summed E-state index contributed by atoms with van der Waals surface area (Å²) >= 11 is 5.74. The Morgan fingerprint density at radius 3 is 2.83 bits per heavy atom. The molecular weight excluding hydrogens is 255 g/mol. The summed E-state index contributed by atoms with van der Waals surface area (Å²) in [5.74, 6) is -1.50. The van der Waals surface area contributed by atoms with Gasteiger partial charge in [-0.15, -0.1) is 0 Å². The minimum Gasteiger partial charge on any atom is -0.481 e. The second kappa shape index (κ2) is 5.70. The standard InChI is InChI=1S/C14H16ClFO2/c15-12-7-3-5-10(13(12)16)8-9-4-1-2-6-11(9)14(17)18/h3,5,7,9,11H,1-2,4,6,8H2,(H,17,18). The number of hydrogen-bond donors (Lipinski definition) is 1. The number of rotatable bonds is 3. The molecule has 4 heteroatoms. The van der Waals surface area contributed by atoms with Gasteiger partial charge in [0.2, 0.25) is 0 Å². The van der Waals surface area contributed by atoms with Crippen LogP contribution in [0.5, 0.6) is 0 Å². The number of carbonyl (C=O) groups is 1. The van der Waals surface area contributed by atoms with Gasteiger partial charge in [0.15, 0.2) is 0 Å². The van der Waals surface area contributed by atoms with E-state index in [-0.39, 0.29) is 16.9 Å². The van der Waals surface area contributed by atoms with Crippen molar-refractivity contribution in [3.63, 3.8) is 0 Å². The second-order valence-electron chi connectivity index (χ2n) is 4.91. The third-order valence-electron chi connectivity index (χ3n) is 3.74. The highest BCUT2D eigenvalue weighted by Gasteiger charge is 2.31. The van der Waals surface area contributed by atoms with Gasteiger partial charge in [-0.1, -0.05) is 36.6 Å². The van der Waals surface area contributed by atoms with Crippen molar-refractivity contribution in [2.24, 2.45) is 11.8 Å². The Bertz CT molecular complexity index is 447. The van der Waals surface area contributed by atoms with Gasteiger partial charge in [0.05, 0.1) is 10.9 Å². The molecule has 2 atom stereocenters. The van der Waals surface area contributed by atoms with Gasteiger partial charge >= 0.3 is 5.97 Å². The van der Waals surface area contributed by atoms with Crippen LogP contribution in [0.3, 0.4) is 0 Å². The first-order valence-corrected chi connectivity index (χ1v) is 6.63. The van der Waals surface area contributed by atoms with Crippen LogP contribution in [0.4, 0.5) is 4.39 Å². The van der Waals surface area contributed by atoms with Gasteiger partial charge < -0.3 is 5.11 Å². The molecule has 18 heavy (non-hydrogen) atoms. The molecular formula is C14H16ClFO2. The smallest absolute Gasteiger partial charge is 0.306 e. The largest absolute Gasteiger partial charge is 0.481 e. The Labute approximate surface area is 111 Å². The van der Waals surface area contributed by atoms with Gasteiger partial charge in [-0.25, -0.2) is 4.39 Å². The third-order valence-corrected chi connectivity index (χ3v) is 4.03. The first-order chi connectivity index (χ1) is 8.59. The number of benzene rings is 1. The van der Waals surface area contributed by atoms with E-state index >= 15 is 0 Å². The van der Waals surface area contributed by atoms with Gasteiger partial charge in [0.25, 0.3) is 0 Å². The quantitative estimate of drug-likeness (QED) is 0.904. The summed E-state index contributed by atoms with van der Waals surface area (Å²) < 4.78 is 13.8. The van der Waals surface area contributed by atoms with Gasteiger partial charge in [-0.3, -0.25) is 4.79 Å². The maximum Gasteiger partial charge on any atom is 0.306 e. The molecule has 0 spiro atoms. The van der Waals surface area contributed by atoms with Gasteiger partial charge in [-0.2, -0.15) is 0 Å². The minimum atomic E-state index is -0.762. The van der Waals surface area contributed by atoms with Crippen LogP contribution in [0.2, 0.25) is 5.02 Å². The average Bonchev–Trinajstić information content (AvgIpc) is 2.35. The van der Waals surface area contributed by atoms with Crippen molar-refractivity contribution in [1.29, 1.82) is 0 Å². The summed E-state index contributed by atoms with van der Waals surface area (Å²) in [6.45, 7) is 0. The van der Waals surface area contributed by atoms with E-state index in [1.807, 2.05) is 0 Å². The molecule has 1 fully saturated rings.